The summed E-state index contributed by atoms with van der Waals surface area (Å²) >= 11 is 1.48. The lowest BCUT2D eigenvalue weighted by atomic mass is 10.1. The Morgan fingerprint density at radius 1 is 1.25 bits per heavy atom. The van der Waals surface area contributed by atoms with Crippen LogP contribution in [0.2, 0.25) is 0 Å². The monoisotopic (exact) mass is 342 g/mol. The van der Waals surface area contributed by atoms with Gasteiger partial charge in [-0.25, -0.2) is 14.8 Å². The number of hydrogen-bond acceptors (Lipinski definition) is 6. The van der Waals surface area contributed by atoms with Gasteiger partial charge in [-0.1, -0.05) is 30.3 Å². The molecule has 7 nitrogen and oxygen atoms in total. The fraction of sp³-hybridized carbons (Fsp3) is 0.125. The summed E-state index contributed by atoms with van der Waals surface area (Å²) in [7, 11) is 0. The van der Waals surface area contributed by atoms with Crippen LogP contribution in [0, 0.1) is 0 Å². The zero-order valence-corrected chi connectivity index (χ0v) is 13.3. The number of aromatic nitrogens is 2. The third-order valence-electron chi connectivity index (χ3n) is 3.40. The Hall–Kier alpha value is -3.00. The maximum absolute atomic E-state index is 11.3. The fourth-order valence-electron chi connectivity index (χ4n) is 2.28. The van der Waals surface area contributed by atoms with E-state index < -0.39 is 17.9 Å². The van der Waals surface area contributed by atoms with Crippen molar-refractivity contribution >= 4 is 39.2 Å². The number of carbonyl (C=O) groups is 2. The molecule has 0 saturated heterocycles. The lowest BCUT2D eigenvalue weighted by Gasteiger charge is -2.13. The highest BCUT2D eigenvalue weighted by Crippen LogP contribution is 2.35. The van der Waals surface area contributed by atoms with Gasteiger partial charge in [0.25, 0.3) is 0 Å². The van der Waals surface area contributed by atoms with E-state index in [1.807, 2.05) is 36.4 Å². The molecule has 0 aliphatic rings. The van der Waals surface area contributed by atoms with Gasteiger partial charge < -0.3 is 16.2 Å². The Bertz CT molecular complexity index is 895. The fourth-order valence-corrected chi connectivity index (χ4v) is 3.29. The van der Waals surface area contributed by atoms with E-state index in [1.165, 1.54) is 17.7 Å². The van der Waals surface area contributed by atoms with Crippen molar-refractivity contribution in [2.24, 2.45) is 5.73 Å². The van der Waals surface area contributed by atoms with Crippen molar-refractivity contribution in [2.45, 2.75) is 12.5 Å². The van der Waals surface area contributed by atoms with Crippen molar-refractivity contribution in [1.29, 1.82) is 0 Å². The number of nitrogens with one attached hydrogen (secondary N) is 1. The number of nitrogens with zero attached hydrogens (tertiary/aromatic N) is 2. The predicted molar refractivity (Wildman–Crippen MR) is 91.7 cm³/mol. The molecule has 3 rings (SSSR count). The quantitative estimate of drug-likeness (QED) is 0.631. The SMILES string of the molecule is NC(=O)C[C@@H](Nc1ncnc2sc(-c3ccccc3)cc12)C(=O)O. The first kappa shape index (κ1) is 15.9. The Kier molecular flexibility index (Phi) is 4.39. The molecule has 8 heteroatoms. The smallest absolute Gasteiger partial charge is 0.326 e. The minimum Gasteiger partial charge on any atom is -0.480 e. The van der Waals surface area contributed by atoms with Crippen molar-refractivity contribution < 1.29 is 14.7 Å². The van der Waals surface area contributed by atoms with Gasteiger partial charge in [0, 0.05) is 4.88 Å². The number of benzene rings is 1. The topological polar surface area (TPSA) is 118 Å². The van der Waals surface area contributed by atoms with Crippen LogP contribution >= 0.6 is 11.3 Å². The summed E-state index contributed by atoms with van der Waals surface area (Å²) in [5.74, 6) is -1.50. The van der Waals surface area contributed by atoms with E-state index in [1.54, 1.807) is 0 Å². The number of primary amides is 1. The van der Waals surface area contributed by atoms with Crippen molar-refractivity contribution in [1.82, 2.24) is 9.97 Å². The largest absolute Gasteiger partial charge is 0.480 e. The summed E-state index contributed by atoms with van der Waals surface area (Å²) in [5.41, 5.74) is 6.14. The van der Waals surface area contributed by atoms with E-state index in [4.69, 9.17) is 5.73 Å². The lowest BCUT2D eigenvalue weighted by Crippen LogP contribution is -2.34. The predicted octanol–water partition coefficient (Wildman–Crippen LogP) is 2.10. The Labute approximate surface area is 141 Å². The first-order valence-electron chi connectivity index (χ1n) is 7.12. The number of hydrogen-bond donors (Lipinski definition) is 3. The van der Waals surface area contributed by atoms with Crippen LogP contribution in [-0.2, 0) is 9.59 Å². The number of carboxylic acid groups (broad SMARTS) is 1. The molecule has 2 heterocycles. The molecule has 0 radical (unpaired) electrons. The molecule has 24 heavy (non-hydrogen) atoms. The van der Waals surface area contributed by atoms with Gasteiger partial charge in [-0.3, -0.25) is 4.79 Å². The van der Waals surface area contributed by atoms with Gasteiger partial charge in [0.15, 0.2) is 0 Å². The molecule has 3 aromatic rings. The minimum atomic E-state index is -1.17. The molecule has 122 valence electrons. The van der Waals surface area contributed by atoms with E-state index in [0.29, 0.717) is 11.2 Å². The standard InChI is InChI=1S/C16H14N4O3S/c17-13(21)7-11(16(22)23)20-14-10-6-12(9-4-2-1-3-5-9)24-15(10)19-8-18-14/h1-6,8,11H,7H2,(H2,17,21)(H,22,23)(H,18,19,20)/t11-/m1/s1. The van der Waals surface area contributed by atoms with Crippen molar-refractivity contribution in [2.75, 3.05) is 5.32 Å². The van der Waals surface area contributed by atoms with Crippen LogP contribution in [0.4, 0.5) is 5.82 Å². The first-order chi connectivity index (χ1) is 11.5. The third kappa shape index (κ3) is 3.33. The number of rotatable bonds is 6. The van der Waals surface area contributed by atoms with Crippen molar-refractivity contribution in [3.63, 3.8) is 0 Å². The van der Waals surface area contributed by atoms with Crippen molar-refractivity contribution in [3.8, 4) is 10.4 Å². The van der Waals surface area contributed by atoms with E-state index in [2.05, 4.69) is 15.3 Å². The van der Waals surface area contributed by atoms with Crippen LogP contribution in [0.5, 0.6) is 0 Å². The van der Waals surface area contributed by atoms with Crippen LogP contribution in [0.15, 0.2) is 42.7 Å². The van der Waals surface area contributed by atoms with Gasteiger partial charge in [-0.05, 0) is 11.6 Å². The number of thiophene rings is 1. The van der Waals surface area contributed by atoms with Crippen LogP contribution in [0.3, 0.4) is 0 Å². The molecular formula is C16H14N4O3S. The maximum atomic E-state index is 11.3. The summed E-state index contributed by atoms with van der Waals surface area (Å²) < 4.78 is 0. The average Bonchev–Trinajstić information content (AvgIpc) is 3.00. The molecule has 1 aromatic carbocycles. The first-order valence-corrected chi connectivity index (χ1v) is 7.94. The molecule has 1 atom stereocenters. The zero-order chi connectivity index (χ0) is 17.1. The molecule has 0 unspecified atom stereocenters. The molecular weight excluding hydrogens is 328 g/mol. The second-order valence-electron chi connectivity index (χ2n) is 5.12. The van der Waals surface area contributed by atoms with Crippen LogP contribution in [0.1, 0.15) is 6.42 Å². The van der Waals surface area contributed by atoms with Crippen LogP contribution in [0.25, 0.3) is 20.7 Å². The molecule has 1 amide bonds. The van der Waals surface area contributed by atoms with Gasteiger partial charge in [0.05, 0.1) is 11.8 Å². The number of aliphatic carboxylic acids is 1. The number of nitrogens with two attached hydrogens (primary N) is 1. The minimum absolute atomic E-state index is 0.323. The summed E-state index contributed by atoms with van der Waals surface area (Å²) in [4.78, 5) is 32.4. The lowest BCUT2D eigenvalue weighted by molar-refractivity contribution is -0.139. The van der Waals surface area contributed by atoms with Crippen molar-refractivity contribution in [3.05, 3.63) is 42.7 Å². The number of fused-ring (bicyclic) bond motifs is 1. The molecule has 0 aliphatic heterocycles. The molecule has 0 saturated carbocycles. The summed E-state index contributed by atoms with van der Waals surface area (Å²) in [5, 5.41) is 12.7. The van der Waals surface area contributed by atoms with Gasteiger partial charge in [0.2, 0.25) is 5.91 Å². The zero-order valence-electron chi connectivity index (χ0n) is 12.5. The van der Waals surface area contributed by atoms with E-state index in [-0.39, 0.29) is 6.42 Å². The van der Waals surface area contributed by atoms with Crippen LogP contribution < -0.4 is 11.1 Å². The molecule has 2 aromatic heterocycles. The number of amides is 1. The molecule has 0 aliphatic carbocycles. The second-order valence-corrected chi connectivity index (χ2v) is 6.15. The van der Waals surface area contributed by atoms with Gasteiger partial charge in [0.1, 0.15) is 23.0 Å². The Balaban J connectivity index is 1.98. The van der Waals surface area contributed by atoms with E-state index in [0.717, 1.165) is 15.3 Å². The maximum Gasteiger partial charge on any atom is 0.326 e. The molecule has 0 bridgehead atoms. The second kappa shape index (κ2) is 6.63. The van der Waals surface area contributed by atoms with E-state index in [9.17, 15) is 14.7 Å². The average molecular weight is 342 g/mol. The van der Waals surface area contributed by atoms with E-state index >= 15 is 0 Å². The molecule has 0 fully saturated rings. The summed E-state index contributed by atoms with van der Waals surface area (Å²) in [6.07, 6.45) is 1.04. The third-order valence-corrected chi connectivity index (χ3v) is 4.49. The highest BCUT2D eigenvalue weighted by atomic mass is 32.1. The number of carbonyl (C=O) groups excluding carboxylic acids is 1. The van der Waals surface area contributed by atoms with Crippen LogP contribution in [-0.4, -0.2) is 33.0 Å². The molecule has 0 spiro atoms. The summed E-state index contributed by atoms with van der Waals surface area (Å²) in [6.45, 7) is 0. The number of anilines is 1. The Morgan fingerprint density at radius 2 is 2.00 bits per heavy atom. The Morgan fingerprint density at radius 3 is 2.67 bits per heavy atom. The van der Waals surface area contributed by atoms with Gasteiger partial charge in [-0.15, -0.1) is 11.3 Å². The van der Waals surface area contributed by atoms with Gasteiger partial charge >= 0.3 is 5.97 Å². The molecule has 4 N–H and O–H groups in total. The highest BCUT2D eigenvalue weighted by molar-refractivity contribution is 7.21. The highest BCUT2D eigenvalue weighted by Gasteiger charge is 2.22. The number of carboxylic acids is 1. The normalized spacial score (nSPS) is 12.0. The van der Waals surface area contributed by atoms with Gasteiger partial charge in [-0.2, -0.15) is 0 Å². The summed E-state index contributed by atoms with van der Waals surface area (Å²) in [6, 6.07) is 10.6.